The van der Waals surface area contributed by atoms with Crippen LogP contribution in [0.25, 0.3) is 5.57 Å². The number of piperidine rings is 1. The molecule has 4 heteroatoms. The van der Waals surface area contributed by atoms with Crippen molar-refractivity contribution >= 4 is 11.5 Å². The van der Waals surface area contributed by atoms with Crippen LogP contribution in [0.15, 0.2) is 48.5 Å². The first kappa shape index (κ1) is 20.7. The third-order valence-electron chi connectivity index (χ3n) is 6.41. The fraction of sp³-hybridized carbons (Fsp3) is 0.423. The quantitative estimate of drug-likeness (QED) is 0.748. The third-order valence-corrected chi connectivity index (χ3v) is 6.41. The fourth-order valence-corrected chi connectivity index (χ4v) is 4.62. The molecular weight excluding hydrogens is 374 g/mol. The lowest BCUT2D eigenvalue weighted by molar-refractivity contribution is -0.136. The van der Waals surface area contributed by atoms with Gasteiger partial charge in [0.2, 0.25) is 0 Å². The number of fused-ring (bicyclic) bond motifs is 2. The largest absolute Gasteiger partial charge is 0.488 e. The van der Waals surface area contributed by atoms with Crippen LogP contribution in [0.1, 0.15) is 55.4 Å². The molecule has 1 saturated heterocycles. The zero-order valence-electron chi connectivity index (χ0n) is 17.9. The zero-order valence-corrected chi connectivity index (χ0v) is 17.9. The summed E-state index contributed by atoms with van der Waals surface area (Å²) in [5.74, 6) is 0.711. The van der Waals surface area contributed by atoms with Crippen molar-refractivity contribution in [2.75, 3.05) is 13.1 Å². The summed E-state index contributed by atoms with van der Waals surface area (Å²) in [7, 11) is 0. The van der Waals surface area contributed by atoms with E-state index in [0.717, 1.165) is 23.3 Å². The van der Waals surface area contributed by atoms with Crippen LogP contribution in [0.4, 0.5) is 0 Å². The maximum Gasteiger partial charge on any atom is 0.307 e. The molecule has 2 heterocycles. The number of hydrogen-bond donors (Lipinski definition) is 1. The molecule has 0 bridgehead atoms. The topological polar surface area (TPSA) is 49.8 Å². The molecule has 0 radical (unpaired) electrons. The summed E-state index contributed by atoms with van der Waals surface area (Å²) in [6, 6.07) is 14.8. The minimum atomic E-state index is -0.813. The maximum atomic E-state index is 11.2. The number of allylic oxidation sites excluding steroid dienone is 1. The average molecular weight is 406 g/mol. The van der Waals surface area contributed by atoms with E-state index in [-0.39, 0.29) is 6.42 Å². The molecule has 0 unspecified atom stereocenters. The Bertz CT molecular complexity index is 939. The molecular formula is C26H31NO3. The van der Waals surface area contributed by atoms with Crippen molar-refractivity contribution in [1.29, 1.82) is 0 Å². The third kappa shape index (κ3) is 4.59. The highest BCUT2D eigenvalue weighted by molar-refractivity contribution is 5.85. The molecule has 0 atom stereocenters. The molecule has 2 aromatic carbocycles. The van der Waals surface area contributed by atoms with Crippen LogP contribution in [0.3, 0.4) is 0 Å². The molecule has 2 aliphatic heterocycles. The Morgan fingerprint density at radius 1 is 1.17 bits per heavy atom. The second kappa shape index (κ2) is 9.05. The van der Waals surface area contributed by atoms with E-state index in [1.807, 2.05) is 24.3 Å². The highest BCUT2D eigenvalue weighted by Crippen LogP contribution is 2.38. The van der Waals surface area contributed by atoms with E-state index >= 15 is 0 Å². The summed E-state index contributed by atoms with van der Waals surface area (Å²) < 4.78 is 6.10. The minimum absolute atomic E-state index is 0.0237. The monoisotopic (exact) mass is 405 g/mol. The summed E-state index contributed by atoms with van der Waals surface area (Å²) in [5.41, 5.74) is 5.37. The van der Waals surface area contributed by atoms with Crippen molar-refractivity contribution in [3.63, 3.8) is 0 Å². The SMILES string of the molecule is CC(C)N1CCC(C/C=C2\c3ccccc3COc3ccc(CC(=O)O)cc32)CC1. The molecule has 158 valence electrons. The van der Waals surface area contributed by atoms with Crippen LogP contribution in [-0.2, 0) is 17.8 Å². The number of likely N-dealkylation sites (tertiary alicyclic amines) is 1. The molecule has 0 amide bonds. The molecule has 0 saturated carbocycles. The van der Waals surface area contributed by atoms with Crippen LogP contribution >= 0.6 is 0 Å². The van der Waals surface area contributed by atoms with Crippen LogP contribution < -0.4 is 4.74 Å². The number of aliphatic carboxylic acids is 1. The second-order valence-electron chi connectivity index (χ2n) is 8.77. The van der Waals surface area contributed by atoms with Crippen molar-refractivity contribution in [3.05, 3.63) is 70.8 Å². The maximum absolute atomic E-state index is 11.2. The van der Waals surface area contributed by atoms with Crippen molar-refractivity contribution in [3.8, 4) is 5.75 Å². The Labute approximate surface area is 179 Å². The number of carboxylic acid groups (broad SMARTS) is 1. The highest BCUT2D eigenvalue weighted by atomic mass is 16.5. The lowest BCUT2D eigenvalue weighted by Gasteiger charge is -2.34. The van der Waals surface area contributed by atoms with Crippen molar-refractivity contribution in [2.24, 2.45) is 5.92 Å². The molecule has 0 aliphatic carbocycles. The molecule has 1 fully saturated rings. The van der Waals surface area contributed by atoms with Crippen LogP contribution in [0.5, 0.6) is 5.75 Å². The average Bonchev–Trinajstić information content (AvgIpc) is 2.89. The van der Waals surface area contributed by atoms with Crippen LogP contribution in [0.2, 0.25) is 0 Å². The smallest absolute Gasteiger partial charge is 0.307 e. The van der Waals surface area contributed by atoms with Gasteiger partial charge in [-0.25, -0.2) is 0 Å². The first-order chi connectivity index (χ1) is 14.5. The van der Waals surface area contributed by atoms with E-state index < -0.39 is 5.97 Å². The Balaban J connectivity index is 1.65. The first-order valence-corrected chi connectivity index (χ1v) is 11.0. The van der Waals surface area contributed by atoms with Gasteiger partial charge in [-0.15, -0.1) is 0 Å². The summed E-state index contributed by atoms with van der Waals surface area (Å²) in [6.07, 6.45) is 5.89. The predicted molar refractivity (Wildman–Crippen MR) is 120 cm³/mol. The number of hydrogen-bond acceptors (Lipinski definition) is 3. The molecule has 4 nitrogen and oxygen atoms in total. The van der Waals surface area contributed by atoms with E-state index in [2.05, 4.69) is 43.0 Å². The molecule has 0 aromatic heterocycles. The highest BCUT2D eigenvalue weighted by Gasteiger charge is 2.23. The minimum Gasteiger partial charge on any atom is -0.488 e. The number of carboxylic acids is 1. The summed E-state index contributed by atoms with van der Waals surface area (Å²) >= 11 is 0. The van der Waals surface area contributed by atoms with E-state index in [0.29, 0.717) is 18.6 Å². The number of benzene rings is 2. The number of rotatable bonds is 5. The lowest BCUT2D eigenvalue weighted by Crippen LogP contribution is -2.38. The summed E-state index contributed by atoms with van der Waals surface area (Å²) in [4.78, 5) is 13.8. The van der Waals surface area contributed by atoms with Gasteiger partial charge in [0.25, 0.3) is 0 Å². The standard InChI is InChI=1S/C26H31NO3/c1-18(2)27-13-11-19(12-14-27)7-9-23-22-6-4-3-5-21(22)17-30-25-10-8-20(15-24(23)25)16-26(28)29/h3-6,8-10,15,18-19H,7,11-14,16-17H2,1-2H3,(H,28,29)/b23-9+. The van der Waals surface area contributed by atoms with Gasteiger partial charge in [-0.3, -0.25) is 4.79 Å². The Kier molecular flexibility index (Phi) is 6.24. The van der Waals surface area contributed by atoms with Crippen LogP contribution in [0, 0.1) is 5.92 Å². The lowest BCUT2D eigenvalue weighted by atomic mass is 9.88. The van der Waals surface area contributed by atoms with Gasteiger partial charge in [-0.2, -0.15) is 0 Å². The van der Waals surface area contributed by atoms with Gasteiger partial charge in [-0.05, 0) is 86.5 Å². The number of nitrogens with zero attached hydrogens (tertiary/aromatic N) is 1. The molecule has 2 aromatic rings. The number of carbonyl (C=O) groups is 1. The Morgan fingerprint density at radius 3 is 2.67 bits per heavy atom. The van der Waals surface area contributed by atoms with E-state index in [9.17, 15) is 9.90 Å². The van der Waals surface area contributed by atoms with Gasteiger partial charge >= 0.3 is 5.97 Å². The van der Waals surface area contributed by atoms with E-state index in [1.165, 1.54) is 42.6 Å². The van der Waals surface area contributed by atoms with Crippen molar-refractivity contribution in [2.45, 2.75) is 52.2 Å². The van der Waals surface area contributed by atoms with E-state index in [4.69, 9.17) is 4.74 Å². The van der Waals surface area contributed by atoms with Gasteiger partial charge < -0.3 is 14.7 Å². The predicted octanol–water partition coefficient (Wildman–Crippen LogP) is 5.15. The molecule has 30 heavy (non-hydrogen) atoms. The summed E-state index contributed by atoms with van der Waals surface area (Å²) in [6.45, 7) is 7.42. The molecule has 4 rings (SSSR count). The van der Waals surface area contributed by atoms with E-state index in [1.54, 1.807) is 0 Å². The Hall–Kier alpha value is -2.59. The van der Waals surface area contributed by atoms with Gasteiger partial charge in [0.15, 0.2) is 0 Å². The fourth-order valence-electron chi connectivity index (χ4n) is 4.62. The second-order valence-corrected chi connectivity index (χ2v) is 8.77. The molecule has 2 aliphatic rings. The number of ether oxygens (including phenoxy) is 1. The zero-order chi connectivity index (χ0) is 21.1. The first-order valence-electron chi connectivity index (χ1n) is 11.0. The Morgan fingerprint density at radius 2 is 1.93 bits per heavy atom. The van der Waals surface area contributed by atoms with Gasteiger partial charge in [0, 0.05) is 11.6 Å². The van der Waals surface area contributed by atoms with Crippen molar-refractivity contribution in [1.82, 2.24) is 4.90 Å². The van der Waals surface area contributed by atoms with Gasteiger partial charge in [-0.1, -0.05) is 36.4 Å². The molecule has 1 N–H and O–H groups in total. The molecule has 0 spiro atoms. The van der Waals surface area contributed by atoms with Crippen LogP contribution in [-0.4, -0.2) is 35.1 Å². The van der Waals surface area contributed by atoms with Gasteiger partial charge in [0.05, 0.1) is 6.42 Å². The summed E-state index contributed by atoms with van der Waals surface area (Å²) in [5, 5.41) is 9.23. The normalized spacial score (nSPS) is 18.6. The van der Waals surface area contributed by atoms with Crippen molar-refractivity contribution < 1.29 is 14.6 Å². The van der Waals surface area contributed by atoms with Gasteiger partial charge in [0.1, 0.15) is 12.4 Å².